The summed E-state index contributed by atoms with van der Waals surface area (Å²) in [7, 11) is 0. The van der Waals surface area contributed by atoms with Gasteiger partial charge >= 0.3 is 0 Å². The molecule has 0 aliphatic heterocycles. The van der Waals surface area contributed by atoms with E-state index in [9.17, 15) is 10.2 Å². The monoisotopic (exact) mass is 174 g/mol. The van der Waals surface area contributed by atoms with Crippen LogP contribution in [0.3, 0.4) is 0 Å². The molecule has 0 aromatic heterocycles. The predicted octanol–water partition coefficient (Wildman–Crippen LogP) is 1.80. The van der Waals surface area contributed by atoms with E-state index in [2.05, 4.69) is 0 Å². The Labute approximate surface area is 75.6 Å². The predicted molar refractivity (Wildman–Crippen MR) is 50.9 cm³/mol. The Morgan fingerprint density at radius 2 is 1.58 bits per heavy atom. The zero-order valence-corrected chi connectivity index (χ0v) is 8.67. The van der Waals surface area contributed by atoms with Gasteiger partial charge in [-0.25, -0.2) is 0 Å². The maximum absolute atomic E-state index is 9.88. The Hall–Kier alpha value is -0.0800. The van der Waals surface area contributed by atoms with Gasteiger partial charge in [0, 0.05) is 5.41 Å². The van der Waals surface area contributed by atoms with Crippen LogP contribution >= 0.6 is 0 Å². The first-order chi connectivity index (χ1) is 5.54. The lowest BCUT2D eigenvalue weighted by Crippen LogP contribution is -2.40. The molecule has 0 saturated carbocycles. The van der Waals surface area contributed by atoms with Crippen LogP contribution < -0.4 is 0 Å². The van der Waals surface area contributed by atoms with Crippen LogP contribution in [0.5, 0.6) is 0 Å². The molecule has 1 atom stereocenters. The average Bonchev–Trinajstić information content (AvgIpc) is 2.08. The average molecular weight is 174 g/mol. The molecule has 74 valence electrons. The summed E-state index contributed by atoms with van der Waals surface area (Å²) in [5.41, 5.74) is -0.284. The fraction of sp³-hybridized carbons (Fsp3) is 1.00. The highest BCUT2D eigenvalue weighted by Crippen LogP contribution is 2.33. The highest BCUT2D eigenvalue weighted by atomic mass is 16.3. The van der Waals surface area contributed by atoms with Gasteiger partial charge in [-0.2, -0.15) is 0 Å². The Morgan fingerprint density at radius 1 is 1.17 bits per heavy atom. The van der Waals surface area contributed by atoms with Gasteiger partial charge in [0.15, 0.2) is 0 Å². The molecule has 0 fully saturated rings. The Balaban J connectivity index is 4.46. The molecular formula is C10H22O2. The lowest BCUT2D eigenvalue weighted by Gasteiger charge is -2.36. The Kier molecular flexibility index (Phi) is 4.80. The van der Waals surface area contributed by atoms with Gasteiger partial charge in [0.1, 0.15) is 0 Å². The number of aliphatic hydroxyl groups is 2. The van der Waals surface area contributed by atoms with Crippen molar-refractivity contribution in [1.82, 2.24) is 0 Å². The molecule has 0 amide bonds. The van der Waals surface area contributed by atoms with E-state index < -0.39 is 6.10 Å². The summed E-state index contributed by atoms with van der Waals surface area (Å²) >= 11 is 0. The van der Waals surface area contributed by atoms with Crippen molar-refractivity contribution in [2.45, 2.75) is 46.6 Å². The quantitative estimate of drug-likeness (QED) is 0.667. The van der Waals surface area contributed by atoms with Crippen molar-refractivity contribution in [3.8, 4) is 0 Å². The summed E-state index contributed by atoms with van der Waals surface area (Å²) < 4.78 is 0. The van der Waals surface area contributed by atoms with Gasteiger partial charge in [-0.05, 0) is 18.8 Å². The molecule has 2 nitrogen and oxygen atoms in total. The standard InChI is InChI=1S/C10H22O2/c1-5-10(6-2,7-11)9(12)8(3)4/h8-9,11-12H,5-7H2,1-4H3. The van der Waals surface area contributed by atoms with Crippen LogP contribution in [0, 0.1) is 11.3 Å². The number of hydrogen-bond donors (Lipinski definition) is 2. The molecule has 0 aromatic carbocycles. The highest BCUT2D eigenvalue weighted by Gasteiger charge is 2.35. The molecular weight excluding hydrogens is 152 g/mol. The van der Waals surface area contributed by atoms with E-state index in [0.717, 1.165) is 12.8 Å². The number of aliphatic hydroxyl groups excluding tert-OH is 2. The molecule has 0 spiro atoms. The lowest BCUT2D eigenvalue weighted by atomic mass is 9.74. The Morgan fingerprint density at radius 3 is 1.67 bits per heavy atom. The third-order valence-electron chi connectivity index (χ3n) is 2.98. The molecule has 0 heterocycles. The van der Waals surface area contributed by atoms with Gasteiger partial charge in [0.2, 0.25) is 0 Å². The van der Waals surface area contributed by atoms with Gasteiger partial charge in [-0.1, -0.05) is 27.7 Å². The largest absolute Gasteiger partial charge is 0.396 e. The minimum atomic E-state index is -0.391. The normalized spacial score (nSPS) is 15.2. The molecule has 0 saturated heterocycles. The van der Waals surface area contributed by atoms with E-state index in [4.69, 9.17) is 0 Å². The van der Waals surface area contributed by atoms with E-state index in [1.807, 2.05) is 27.7 Å². The van der Waals surface area contributed by atoms with Gasteiger partial charge in [-0.15, -0.1) is 0 Å². The van der Waals surface area contributed by atoms with E-state index in [1.54, 1.807) is 0 Å². The van der Waals surface area contributed by atoms with Gasteiger partial charge in [-0.3, -0.25) is 0 Å². The van der Waals surface area contributed by atoms with Crippen molar-refractivity contribution in [2.75, 3.05) is 6.61 Å². The summed E-state index contributed by atoms with van der Waals surface area (Å²) in [6.45, 7) is 8.09. The van der Waals surface area contributed by atoms with Crippen LogP contribution in [0.15, 0.2) is 0 Å². The molecule has 0 radical (unpaired) electrons. The molecule has 12 heavy (non-hydrogen) atoms. The first-order valence-corrected chi connectivity index (χ1v) is 4.83. The first kappa shape index (κ1) is 11.9. The van der Waals surface area contributed by atoms with Crippen LogP contribution in [0.2, 0.25) is 0 Å². The van der Waals surface area contributed by atoms with Crippen LogP contribution in [0.25, 0.3) is 0 Å². The molecule has 2 heteroatoms. The van der Waals surface area contributed by atoms with E-state index in [-0.39, 0.29) is 17.9 Å². The second kappa shape index (κ2) is 4.83. The molecule has 0 rings (SSSR count). The summed E-state index contributed by atoms with van der Waals surface area (Å²) in [6, 6.07) is 0. The number of rotatable bonds is 5. The minimum absolute atomic E-state index is 0.0827. The zero-order valence-electron chi connectivity index (χ0n) is 8.67. The second-order valence-electron chi connectivity index (χ2n) is 3.92. The smallest absolute Gasteiger partial charge is 0.0641 e. The van der Waals surface area contributed by atoms with Gasteiger partial charge in [0.25, 0.3) is 0 Å². The third-order valence-corrected chi connectivity index (χ3v) is 2.98. The maximum atomic E-state index is 9.88. The maximum Gasteiger partial charge on any atom is 0.0641 e. The molecule has 2 N–H and O–H groups in total. The van der Waals surface area contributed by atoms with Gasteiger partial charge < -0.3 is 10.2 Å². The van der Waals surface area contributed by atoms with Crippen molar-refractivity contribution in [3.05, 3.63) is 0 Å². The second-order valence-corrected chi connectivity index (χ2v) is 3.92. The molecule has 0 bridgehead atoms. The topological polar surface area (TPSA) is 40.5 Å². The molecule has 0 aliphatic carbocycles. The SMILES string of the molecule is CCC(CC)(CO)C(O)C(C)C. The van der Waals surface area contributed by atoms with Crippen molar-refractivity contribution >= 4 is 0 Å². The van der Waals surface area contributed by atoms with Crippen LogP contribution in [0.4, 0.5) is 0 Å². The summed E-state index contributed by atoms with van der Waals surface area (Å²) in [6.07, 6.45) is 1.27. The molecule has 0 aromatic rings. The fourth-order valence-electron chi connectivity index (χ4n) is 1.69. The van der Waals surface area contributed by atoms with E-state index in [0.29, 0.717) is 0 Å². The van der Waals surface area contributed by atoms with Crippen LogP contribution in [0.1, 0.15) is 40.5 Å². The Bertz CT molecular complexity index is 109. The van der Waals surface area contributed by atoms with Gasteiger partial charge in [0.05, 0.1) is 12.7 Å². The lowest BCUT2D eigenvalue weighted by molar-refractivity contribution is -0.0487. The van der Waals surface area contributed by atoms with Crippen LogP contribution in [-0.2, 0) is 0 Å². The summed E-state index contributed by atoms with van der Waals surface area (Å²) in [5.74, 6) is 0.219. The van der Waals surface area contributed by atoms with Crippen molar-refractivity contribution in [3.63, 3.8) is 0 Å². The summed E-state index contributed by atoms with van der Waals surface area (Å²) in [4.78, 5) is 0. The number of hydrogen-bond acceptors (Lipinski definition) is 2. The van der Waals surface area contributed by atoms with Crippen molar-refractivity contribution in [1.29, 1.82) is 0 Å². The third kappa shape index (κ3) is 2.20. The first-order valence-electron chi connectivity index (χ1n) is 4.83. The molecule has 0 aliphatic rings. The van der Waals surface area contributed by atoms with Crippen molar-refractivity contribution < 1.29 is 10.2 Å². The van der Waals surface area contributed by atoms with E-state index in [1.165, 1.54) is 0 Å². The van der Waals surface area contributed by atoms with Crippen molar-refractivity contribution in [2.24, 2.45) is 11.3 Å². The highest BCUT2D eigenvalue weighted by molar-refractivity contribution is 4.85. The zero-order chi connectivity index (χ0) is 9.78. The summed E-state index contributed by atoms with van der Waals surface area (Å²) in [5, 5.41) is 19.1. The fourth-order valence-corrected chi connectivity index (χ4v) is 1.69. The van der Waals surface area contributed by atoms with E-state index >= 15 is 0 Å². The molecule has 1 unspecified atom stereocenters. The van der Waals surface area contributed by atoms with Crippen LogP contribution in [-0.4, -0.2) is 22.9 Å². The minimum Gasteiger partial charge on any atom is -0.396 e.